The molecule has 0 saturated heterocycles. The summed E-state index contributed by atoms with van der Waals surface area (Å²) in [6, 6.07) is 7.55. The number of nitrogen functional groups attached to an aromatic ring is 1. The Morgan fingerprint density at radius 2 is 2.10 bits per heavy atom. The normalized spacial score (nSPS) is 13.3. The number of rotatable bonds is 9. The maximum absolute atomic E-state index is 12.0. The molecule has 1 aromatic carbocycles. The summed E-state index contributed by atoms with van der Waals surface area (Å²) >= 11 is 1.51. The first-order valence-corrected chi connectivity index (χ1v) is 9.59. The van der Waals surface area contributed by atoms with Gasteiger partial charge in [0.2, 0.25) is 10.0 Å². The zero-order valence-electron chi connectivity index (χ0n) is 12.1. The molecule has 1 unspecified atom stereocenters. The lowest BCUT2D eigenvalue weighted by molar-refractivity contribution is 0.513. The summed E-state index contributed by atoms with van der Waals surface area (Å²) in [5, 5.41) is 0. The Kier molecular flexibility index (Phi) is 7.40. The Bertz CT molecular complexity index is 504. The van der Waals surface area contributed by atoms with Crippen LogP contribution in [0.2, 0.25) is 0 Å². The Balaban J connectivity index is 2.43. The molecule has 4 nitrogen and oxygen atoms in total. The van der Waals surface area contributed by atoms with Gasteiger partial charge in [-0.3, -0.25) is 0 Å². The Hall–Kier alpha value is -0.720. The fraction of sp³-hybridized carbons (Fsp3) is 0.571. The molecular formula is C14H24N2O2S2. The van der Waals surface area contributed by atoms with Crippen LogP contribution in [0.1, 0.15) is 33.1 Å². The van der Waals surface area contributed by atoms with E-state index < -0.39 is 10.0 Å². The van der Waals surface area contributed by atoms with Crippen molar-refractivity contribution in [3.63, 3.8) is 0 Å². The molecule has 6 heteroatoms. The van der Waals surface area contributed by atoms with Crippen LogP contribution in [0.4, 0.5) is 5.69 Å². The smallest absolute Gasteiger partial charge is 0.212 e. The van der Waals surface area contributed by atoms with Crippen molar-refractivity contribution in [3.05, 3.63) is 24.3 Å². The highest BCUT2D eigenvalue weighted by atomic mass is 32.2. The van der Waals surface area contributed by atoms with E-state index in [-0.39, 0.29) is 11.8 Å². The molecule has 1 aromatic rings. The molecule has 0 radical (unpaired) electrons. The van der Waals surface area contributed by atoms with Gasteiger partial charge >= 0.3 is 0 Å². The van der Waals surface area contributed by atoms with Gasteiger partial charge in [0, 0.05) is 22.4 Å². The van der Waals surface area contributed by atoms with Gasteiger partial charge in [0.25, 0.3) is 0 Å². The van der Waals surface area contributed by atoms with E-state index in [1.807, 2.05) is 31.2 Å². The van der Waals surface area contributed by atoms with Crippen LogP contribution < -0.4 is 10.5 Å². The van der Waals surface area contributed by atoms with Crippen LogP contribution >= 0.6 is 11.8 Å². The molecule has 0 aliphatic heterocycles. The maximum atomic E-state index is 12.0. The largest absolute Gasteiger partial charge is 0.399 e. The van der Waals surface area contributed by atoms with E-state index in [1.54, 1.807) is 0 Å². The minimum Gasteiger partial charge on any atom is -0.399 e. The first-order valence-electron chi connectivity index (χ1n) is 6.95. The molecule has 114 valence electrons. The van der Waals surface area contributed by atoms with Crippen molar-refractivity contribution in [2.75, 3.05) is 17.2 Å². The summed E-state index contributed by atoms with van der Waals surface area (Å²) in [6.07, 6.45) is 2.70. The summed E-state index contributed by atoms with van der Waals surface area (Å²) in [5.41, 5.74) is 6.39. The van der Waals surface area contributed by atoms with Crippen molar-refractivity contribution in [1.82, 2.24) is 4.72 Å². The fourth-order valence-corrected chi connectivity index (χ4v) is 4.63. The number of hydrogen-bond acceptors (Lipinski definition) is 4. The van der Waals surface area contributed by atoms with Gasteiger partial charge in [0.05, 0.1) is 5.75 Å². The second-order valence-corrected chi connectivity index (χ2v) is 7.79. The lowest BCUT2D eigenvalue weighted by Gasteiger charge is -2.16. The molecule has 1 atom stereocenters. The van der Waals surface area contributed by atoms with Crippen LogP contribution in [0.15, 0.2) is 29.2 Å². The predicted octanol–water partition coefficient (Wildman–Crippen LogP) is 2.86. The quantitative estimate of drug-likeness (QED) is 0.543. The first kappa shape index (κ1) is 17.3. The van der Waals surface area contributed by atoms with Gasteiger partial charge in [0.1, 0.15) is 0 Å². The van der Waals surface area contributed by atoms with Gasteiger partial charge in [-0.2, -0.15) is 0 Å². The van der Waals surface area contributed by atoms with Crippen molar-refractivity contribution >= 4 is 27.5 Å². The van der Waals surface area contributed by atoms with Crippen molar-refractivity contribution in [3.8, 4) is 0 Å². The van der Waals surface area contributed by atoms with E-state index in [0.717, 1.165) is 24.2 Å². The number of anilines is 1. The topological polar surface area (TPSA) is 72.2 Å². The average molecular weight is 316 g/mol. The highest BCUT2D eigenvalue weighted by Gasteiger charge is 2.15. The maximum Gasteiger partial charge on any atom is 0.212 e. The van der Waals surface area contributed by atoms with Crippen LogP contribution in [0, 0.1) is 0 Å². The van der Waals surface area contributed by atoms with Gasteiger partial charge in [-0.15, -0.1) is 11.8 Å². The van der Waals surface area contributed by atoms with E-state index in [0.29, 0.717) is 11.4 Å². The number of nitrogens with one attached hydrogen (secondary N) is 1. The van der Waals surface area contributed by atoms with Crippen LogP contribution in [0.5, 0.6) is 0 Å². The van der Waals surface area contributed by atoms with Crippen LogP contribution in [-0.4, -0.2) is 26.0 Å². The van der Waals surface area contributed by atoms with Gasteiger partial charge in [0.15, 0.2) is 0 Å². The van der Waals surface area contributed by atoms with E-state index in [4.69, 9.17) is 5.73 Å². The van der Waals surface area contributed by atoms with E-state index in [1.165, 1.54) is 11.8 Å². The fourth-order valence-electron chi connectivity index (χ4n) is 1.88. The summed E-state index contributed by atoms with van der Waals surface area (Å²) in [7, 11) is -3.20. The van der Waals surface area contributed by atoms with Crippen molar-refractivity contribution in [1.29, 1.82) is 0 Å². The minimum atomic E-state index is -3.20. The molecule has 0 heterocycles. The molecule has 0 fully saturated rings. The highest BCUT2D eigenvalue weighted by molar-refractivity contribution is 8.00. The Morgan fingerprint density at radius 3 is 2.70 bits per heavy atom. The number of hydrogen-bond donors (Lipinski definition) is 2. The molecule has 20 heavy (non-hydrogen) atoms. The SMILES string of the molecule is CCCC(CC)NS(=O)(=O)CCSc1cccc(N)c1. The summed E-state index contributed by atoms with van der Waals surface area (Å²) in [6.45, 7) is 4.07. The minimum absolute atomic E-state index is 0.0577. The Morgan fingerprint density at radius 1 is 1.35 bits per heavy atom. The van der Waals surface area contributed by atoms with Gasteiger partial charge in [-0.05, 0) is 31.0 Å². The lowest BCUT2D eigenvalue weighted by atomic mass is 10.1. The van der Waals surface area contributed by atoms with Crippen molar-refractivity contribution < 1.29 is 8.42 Å². The van der Waals surface area contributed by atoms with Crippen molar-refractivity contribution in [2.24, 2.45) is 0 Å². The molecule has 0 spiro atoms. The summed E-state index contributed by atoms with van der Waals surface area (Å²) in [5.74, 6) is 0.661. The third-order valence-corrected chi connectivity index (χ3v) is 5.64. The molecule has 0 saturated carbocycles. The third kappa shape index (κ3) is 6.63. The van der Waals surface area contributed by atoms with Crippen molar-refractivity contribution in [2.45, 2.75) is 44.0 Å². The van der Waals surface area contributed by atoms with Gasteiger partial charge in [-0.1, -0.05) is 26.3 Å². The number of nitrogens with two attached hydrogens (primary N) is 1. The first-order chi connectivity index (χ1) is 9.46. The van der Waals surface area contributed by atoms with E-state index >= 15 is 0 Å². The molecule has 0 aliphatic carbocycles. The number of sulfonamides is 1. The summed E-state index contributed by atoms with van der Waals surface area (Å²) < 4.78 is 26.7. The molecule has 0 amide bonds. The lowest BCUT2D eigenvalue weighted by Crippen LogP contribution is -2.36. The predicted molar refractivity (Wildman–Crippen MR) is 87.5 cm³/mol. The molecule has 0 bridgehead atoms. The summed E-state index contributed by atoms with van der Waals surface area (Å²) in [4.78, 5) is 1.00. The second kappa shape index (κ2) is 8.54. The van der Waals surface area contributed by atoms with Crippen LogP contribution in [-0.2, 0) is 10.0 Å². The van der Waals surface area contributed by atoms with E-state index in [9.17, 15) is 8.42 Å². The Labute approximate surface area is 126 Å². The number of benzene rings is 1. The third-order valence-electron chi connectivity index (χ3n) is 2.96. The van der Waals surface area contributed by atoms with Crippen LogP contribution in [0.25, 0.3) is 0 Å². The highest BCUT2D eigenvalue weighted by Crippen LogP contribution is 2.20. The standard InChI is InChI=1S/C14H24N2O2S2/c1-3-6-13(4-2)16-20(17,18)10-9-19-14-8-5-7-12(15)11-14/h5,7-8,11,13,16H,3-4,6,9-10,15H2,1-2H3. The zero-order valence-corrected chi connectivity index (χ0v) is 13.8. The van der Waals surface area contributed by atoms with Gasteiger partial charge < -0.3 is 5.73 Å². The zero-order chi connectivity index (χ0) is 15.0. The molecule has 3 N–H and O–H groups in total. The second-order valence-electron chi connectivity index (χ2n) is 4.75. The average Bonchev–Trinajstić information content (AvgIpc) is 2.38. The molecule has 0 aromatic heterocycles. The molecule has 1 rings (SSSR count). The van der Waals surface area contributed by atoms with Gasteiger partial charge in [-0.25, -0.2) is 13.1 Å². The molecule has 0 aliphatic rings. The monoisotopic (exact) mass is 316 g/mol. The number of thioether (sulfide) groups is 1. The van der Waals surface area contributed by atoms with E-state index in [2.05, 4.69) is 11.6 Å². The molecular weight excluding hydrogens is 292 g/mol. The van der Waals surface area contributed by atoms with Crippen LogP contribution in [0.3, 0.4) is 0 Å².